The van der Waals surface area contributed by atoms with Crippen LogP contribution in [-0.2, 0) is 6.42 Å². The molecule has 0 fully saturated rings. The number of aliphatic hydroxyl groups is 1. The van der Waals surface area contributed by atoms with Gasteiger partial charge in [-0.1, -0.05) is 26.3 Å². The van der Waals surface area contributed by atoms with E-state index in [1.165, 1.54) is 5.56 Å². The molecule has 0 saturated heterocycles. The summed E-state index contributed by atoms with van der Waals surface area (Å²) in [6.07, 6.45) is 2.84. The number of benzene rings is 1. The van der Waals surface area contributed by atoms with E-state index in [1.807, 2.05) is 12.1 Å². The first-order chi connectivity index (χ1) is 8.10. The third-order valence-corrected chi connectivity index (χ3v) is 3.63. The zero-order chi connectivity index (χ0) is 12.4. The van der Waals surface area contributed by atoms with Gasteiger partial charge in [0.15, 0.2) is 0 Å². The molecule has 1 aromatic rings. The van der Waals surface area contributed by atoms with E-state index >= 15 is 0 Å². The highest BCUT2D eigenvalue weighted by atomic mass is 16.5. The summed E-state index contributed by atoms with van der Waals surface area (Å²) in [5, 5.41) is 10.2. The molecule has 2 nitrogen and oxygen atoms in total. The van der Waals surface area contributed by atoms with Gasteiger partial charge in [-0.25, -0.2) is 0 Å². The van der Waals surface area contributed by atoms with Crippen LogP contribution in [0.3, 0.4) is 0 Å². The Morgan fingerprint density at radius 1 is 1.47 bits per heavy atom. The summed E-state index contributed by atoms with van der Waals surface area (Å²) in [6, 6.07) is 6.09. The summed E-state index contributed by atoms with van der Waals surface area (Å²) in [7, 11) is 0. The molecule has 3 unspecified atom stereocenters. The standard InChI is InChI=1S/C15H22O2/c1-4-10(2)7-14(16)12-5-6-15-13(9-12)8-11(3)17-15/h5-6,9-11,14,16H,4,7-8H2,1-3H3. The fourth-order valence-corrected chi connectivity index (χ4v) is 2.33. The molecule has 0 spiro atoms. The summed E-state index contributed by atoms with van der Waals surface area (Å²) < 4.78 is 5.66. The minimum absolute atomic E-state index is 0.270. The van der Waals surface area contributed by atoms with Crippen LogP contribution in [0.15, 0.2) is 18.2 Å². The van der Waals surface area contributed by atoms with Gasteiger partial charge in [0, 0.05) is 6.42 Å². The molecule has 94 valence electrons. The SMILES string of the molecule is CCC(C)CC(O)c1ccc2c(c1)CC(C)O2. The molecule has 0 saturated carbocycles. The van der Waals surface area contributed by atoms with E-state index in [0.29, 0.717) is 5.92 Å². The molecule has 1 N–H and O–H groups in total. The van der Waals surface area contributed by atoms with Crippen LogP contribution >= 0.6 is 0 Å². The minimum Gasteiger partial charge on any atom is -0.490 e. The van der Waals surface area contributed by atoms with Crippen LogP contribution in [0.25, 0.3) is 0 Å². The van der Waals surface area contributed by atoms with E-state index in [9.17, 15) is 5.11 Å². The Morgan fingerprint density at radius 2 is 2.24 bits per heavy atom. The van der Waals surface area contributed by atoms with Crippen molar-refractivity contribution in [2.45, 2.75) is 52.2 Å². The number of aliphatic hydroxyl groups excluding tert-OH is 1. The lowest BCUT2D eigenvalue weighted by molar-refractivity contribution is 0.146. The van der Waals surface area contributed by atoms with E-state index in [-0.39, 0.29) is 12.2 Å². The summed E-state index contributed by atoms with van der Waals surface area (Å²) in [5.41, 5.74) is 2.26. The minimum atomic E-state index is -0.342. The molecular formula is C15H22O2. The van der Waals surface area contributed by atoms with Crippen LogP contribution in [0.4, 0.5) is 0 Å². The Balaban J connectivity index is 2.10. The Kier molecular flexibility index (Phi) is 3.72. The Bertz CT molecular complexity index is 387. The first kappa shape index (κ1) is 12.4. The first-order valence-corrected chi connectivity index (χ1v) is 6.57. The summed E-state index contributed by atoms with van der Waals surface area (Å²) >= 11 is 0. The van der Waals surface area contributed by atoms with Gasteiger partial charge in [0.1, 0.15) is 11.9 Å². The molecular weight excluding hydrogens is 212 g/mol. The number of rotatable bonds is 4. The molecule has 2 rings (SSSR count). The Labute approximate surface area is 104 Å². The largest absolute Gasteiger partial charge is 0.490 e. The van der Waals surface area contributed by atoms with E-state index in [4.69, 9.17) is 4.74 Å². The Morgan fingerprint density at radius 3 is 2.94 bits per heavy atom. The summed E-state index contributed by atoms with van der Waals surface area (Å²) in [4.78, 5) is 0. The molecule has 17 heavy (non-hydrogen) atoms. The van der Waals surface area contributed by atoms with E-state index in [2.05, 4.69) is 26.8 Å². The van der Waals surface area contributed by atoms with Gasteiger partial charge >= 0.3 is 0 Å². The summed E-state index contributed by atoms with van der Waals surface area (Å²) in [5.74, 6) is 1.55. The fraction of sp³-hybridized carbons (Fsp3) is 0.600. The van der Waals surface area contributed by atoms with E-state index in [0.717, 1.165) is 30.6 Å². The second kappa shape index (κ2) is 5.09. The van der Waals surface area contributed by atoms with Gasteiger partial charge in [-0.05, 0) is 42.5 Å². The third-order valence-electron chi connectivity index (χ3n) is 3.63. The van der Waals surface area contributed by atoms with Gasteiger partial charge in [-0.3, -0.25) is 0 Å². The van der Waals surface area contributed by atoms with E-state index < -0.39 is 0 Å². The van der Waals surface area contributed by atoms with Crippen LogP contribution < -0.4 is 4.74 Å². The van der Waals surface area contributed by atoms with Crippen molar-refractivity contribution in [1.29, 1.82) is 0 Å². The van der Waals surface area contributed by atoms with Crippen molar-refractivity contribution < 1.29 is 9.84 Å². The van der Waals surface area contributed by atoms with Gasteiger partial charge < -0.3 is 9.84 Å². The average Bonchev–Trinajstić information content (AvgIpc) is 2.67. The van der Waals surface area contributed by atoms with Crippen molar-refractivity contribution in [2.24, 2.45) is 5.92 Å². The van der Waals surface area contributed by atoms with Crippen molar-refractivity contribution in [3.05, 3.63) is 29.3 Å². The highest BCUT2D eigenvalue weighted by Gasteiger charge is 2.20. The maximum absolute atomic E-state index is 10.2. The van der Waals surface area contributed by atoms with Crippen molar-refractivity contribution in [2.75, 3.05) is 0 Å². The molecule has 0 bridgehead atoms. The lowest BCUT2D eigenvalue weighted by atomic mass is 9.95. The first-order valence-electron chi connectivity index (χ1n) is 6.57. The van der Waals surface area contributed by atoms with Gasteiger partial charge in [0.2, 0.25) is 0 Å². The molecule has 3 atom stereocenters. The molecule has 0 amide bonds. The number of fused-ring (bicyclic) bond motifs is 1. The zero-order valence-electron chi connectivity index (χ0n) is 10.9. The topological polar surface area (TPSA) is 29.5 Å². The maximum atomic E-state index is 10.2. The molecule has 1 aliphatic heterocycles. The van der Waals surface area contributed by atoms with E-state index in [1.54, 1.807) is 0 Å². The van der Waals surface area contributed by atoms with Gasteiger partial charge in [0.05, 0.1) is 6.10 Å². The lowest BCUT2D eigenvalue weighted by Crippen LogP contribution is -2.05. The van der Waals surface area contributed by atoms with Crippen LogP contribution in [-0.4, -0.2) is 11.2 Å². The molecule has 1 aliphatic rings. The molecule has 0 aromatic heterocycles. The van der Waals surface area contributed by atoms with Crippen LogP contribution in [0.2, 0.25) is 0 Å². The summed E-state index contributed by atoms with van der Waals surface area (Å²) in [6.45, 7) is 6.42. The highest BCUT2D eigenvalue weighted by Crippen LogP contribution is 2.32. The average molecular weight is 234 g/mol. The Hall–Kier alpha value is -1.02. The van der Waals surface area contributed by atoms with Crippen LogP contribution in [0.5, 0.6) is 5.75 Å². The van der Waals surface area contributed by atoms with Crippen molar-refractivity contribution in [1.82, 2.24) is 0 Å². The second-order valence-corrected chi connectivity index (χ2v) is 5.26. The molecule has 2 heteroatoms. The monoisotopic (exact) mass is 234 g/mol. The molecule has 1 aromatic carbocycles. The van der Waals surface area contributed by atoms with Crippen LogP contribution in [0, 0.1) is 5.92 Å². The van der Waals surface area contributed by atoms with Gasteiger partial charge in [-0.2, -0.15) is 0 Å². The van der Waals surface area contributed by atoms with Gasteiger partial charge in [-0.15, -0.1) is 0 Å². The molecule has 0 radical (unpaired) electrons. The predicted molar refractivity (Wildman–Crippen MR) is 69.3 cm³/mol. The maximum Gasteiger partial charge on any atom is 0.123 e. The highest BCUT2D eigenvalue weighted by molar-refractivity contribution is 5.41. The van der Waals surface area contributed by atoms with Gasteiger partial charge in [0.25, 0.3) is 0 Å². The lowest BCUT2D eigenvalue weighted by Gasteiger charge is -2.15. The normalized spacial score (nSPS) is 21.8. The number of hydrogen-bond donors (Lipinski definition) is 1. The van der Waals surface area contributed by atoms with Crippen molar-refractivity contribution in [3.63, 3.8) is 0 Å². The second-order valence-electron chi connectivity index (χ2n) is 5.26. The van der Waals surface area contributed by atoms with Crippen molar-refractivity contribution >= 4 is 0 Å². The zero-order valence-corrected chi connectivity index (χ0v) is 10.9. The smallest absolute Gasteiger partial charge is 0.123 e. The third kappa shape index (κ3) is 2.81. The van der Waals surface area contributed by atoms with Crippen LogP contribution in [0.1, 0.15) is 50.8 Å². The predicted octanol–water partition coefficient (Wildman–Crippen LogP) is 3.48. The quantitative estimate of drug-likeness (QED) is 0.864. The molecule has 0 aliphatic carbocycles. The molecule has 1 heterocycles. The van der Waals surface area contributed by atoms with Crippen molar-refractivity contribution in [3.8, 4) is 5.75 Å². The number of ether oxygens (including phenoxy) is 1. The number of hydrogen-bond acceptors (Lipinski definition) is 2. The fourth-order valence-electron chi connectivity index (χ4n) is 2.33.